The molecule has 0 amide bonds. The number of thioether (sulfide) groups is 1. The fourth-order valence-electron chi connectivity index (χ4n) is 2.91. The molecule has 0 aromatic rings. The molecule has 2 aliphatic carbocycles. The fourth-order valence-corrected chi connectivity index (χ4v) is 3.65. The molecule has 0 unspecified atom stereocenters. The van der Waals surface area contributed by atoms with Gasteiger partial charge in [-0.2, -0.15) is 11.8 Å². The van der Waals surface area contributed by atoms with E-state index in [1.54, 1.807) is 0 Å². The Balaban J connectivity index is 1.66. The van der Waals surface area contributed by atoms with Gasteiger partial charge in [-0.05, 0) is 56.6 Å². The molecule has 0 aromatic carbocycles. The van der Waals surface area contributed by atoms with Crippen molar-refractivity contribution in [3.8, 4) is 0 Å². The van der Waals surface area contributed by atoms with Crippen LogP contribution in [0.1, 0.15) is 52.4 Å². The summed E-state index contributed by atoms with van der Waals surface area (Å²) in [7, 11) is 0. The lowest BCUT2D eigenvalue weighted by Crippen LogP contribution is -2.38. The lowest BCUT2D eigenvalue weighted by molar-refractivity contribution is 0.239. The van der Waals surface area contributed by atoms with Crippen molar-refractivity contribution in [3.05, 3.63) is 0 Å². The number of hydrogen-bond donors (Lipinski definition) is 1. The van der Waals surface area contributed by atoms with Gasteiger partial charge in [0.1, 0.15) is 0 Å². The summed E-state index contributed by atoms with van der Waals surface area (Å²) < 4.78 is 0.634. The Morgan fingerprint density at radius 3 is 2.25 bits per heavy atom. The summed E-state index contributed by atoms with van der Waals surface area (Å²) in [6.07, 6.45) is 10.8. The second-order valence-corrected chi connectivity index (χ2v) is 7.40. The SMILES string of the molecule is CSC1(CNC2CCC(C(C)C)CC2)CC1. The fraction of sp³-hybridized carbons (Fsp3) is 1.00. The van der Waals surface area contributed by atoms with Crippen LogP contribution < -0.4 is 5.32 Å². The van der Waals surface area contributed by atoms with Crippen LogP contribution in [-0.4, -0.2) is 23.6 Å². The van der Waals surface area contributed by atoms with E-state index in [-0.39, 0.29) is 0 Å². The first-order valence-corrected chi connectivity index (χ1v) is 8.16. The van der Waals surface area contributed by atoms with Crippen LogP contribution >= 0.6 is 11.8 Å². The molecule has 2 aliphatic rings. The molecular formula is C14H27NS. The summed E-state index contributed by atoms with van der Waals surface area (Å²) in [5, 5.41) is 3.81. The Bertz CT molecular complexity index is 215. The maximum absolute atomic E-state index is 3.81. The largest absolute Gasteiger partial charge is 0.313 e. The zero-order valence-corrected chi connectivity index (χ0v) is 11.9. The Morgan fingerprint density at radius 1 is 1.19 bits per heavy atom. The van der Waals surface area contributed by atoms with Crippen molar-refractivity contribution < 1.29 is 0 Å². The molecule has 0 aromatic heterocycles. The molecule has 2 rings (SSSR count). The van der Waals surface area contributed by atoms with Crippen LogP contribution in [0.25, 0.3) is 0 Å². The van der Waals surface area contributed by atoms with Crippen molar-refractivity contribution in [2.75, 3.05) is 12.8 Å². The highest BCUT2D eigenvalue weighted by Crippen LogP contribution is 2.46. The standard InChI is InChI=1S/C14H27NS/c1-11(2)12-4-6-13(7-5-12)15-10-14(16-3)8-9-14/h11-13,15H,4-10H2,1-3H3. The second-order valence-electron chi connectivity index (χ2n) is 6.12. The van der Waals surface area contributed by atoms with Gasteiger partial charge in [0, 0.05) is 17.3 Å². The van der Waals surface area contributed by atoms with Gasteiger partial charge in [-0.3, -0.25) is 0 Å². The summed E-state index contributed by atoms with van der Waals surface area (Å²) in [4.78, 5) is 0. The lowest BCUT2D eigenvalue weighted by atomic mass is 9.80. The molecule has 0 saturated heterocycles. The van der Waals surface area contributed by atoms with Crippen LogP contribution in [0.4, 0.5) is 0 Å². The molecule has 0 heterocycles. The van der Waals surface area contributed by atoms with Crippen molar-refractivity contribution in [1.29, 1.82) is 0 Å². The first-order chi connectivity index (χ1) is 7.65. The summed E-state index contributed by atoms with van der Waals surface area (Å²) in [5.74, 6) is 1.88. The van der Waals surface area contributed by atoms with E-state index < -0.39 is 0 Å². The predicted molar refractivity (Wildman–Crippen MR) is 74.1 cm³/mol. The van der Waals surface area contributed by atoms with Crippen LogP contribution in [0.3, 0.4) is 0 Å². The molecule has 0 atom stereocenters. The molecular weight excluding hydrogens is 214 g/mol. The van der Waals surface area contributed by atoms with Crippen molar-refractivity contribution >= 4 is 11.8 Å². The van der Waals surface area contributed by atoms with Crippen molar-refractivity contribution in [2.45, 2.75) is 63.2 Å². The molecule has 2 fully saturated rings. The average Bonchev–Trinajstić information content (AvgIpc) is 3.08. The van der Waals surface area contributed by atoms with E-state index in [9.17, 15) is 0 Å². The highest BCUT2D eigenvalue weighted by atomic mass is 32.2. The minimum Gasteiger partial charge on any atom is -0.313 e. The third-order valence-corrected chi connectivity index (χ3v) is 6.09. The quantitative estimate of drug-likeness (QED) is 0.788. The molecule has 0 spiro atoms. The van der Waals surface area contributed by atoms with Gasteiger partial charge in [0.05, 0.1) is 0 Å². The number of rotatable bonds is 5. The van der Waals surface area contributed by atoms with Gasteiger partial charge in [-0.15, -0.1) is 0 Å². The van der Waals surface area contributed by atoms with Gasteiger partial charge in [-0.25, -0.2) is 0 Å². The maximum Gasteiger partial charge on any atom is 0.0282 e. The topological polar surface area (TPSA) is 12.0 Å². The van der Waals surface area contributed by atoms with E-state index in [2.05, 4.69) is 37.2 Å². The summed E-state index contributed by atoms with van der Waals surface area (Å²) in [6.45, 7) is 6.02. The number of hydrogen-bond acceptors (Lipinski definition) is 2. The molecule has 2 saturated carbocycles. The molecule has 1 nitrogen and oxygen atoms in total. The monoisotopic (exact) mass is 241 g/mol. The van der Waals surface area contributed by atoms with Crippen LogP contribution in [0.15, 0.2) is 0 Å². The van der Waals surface area contributed by atoms with Crippen molar-refractivity contribution in [1.82, 2.24) is 5.32 Å². The molecule has 0 aliphatic heterocycles. The molecule has 2 heteroatoms. The normalized spacial score (nSPS) is 33.0. The highest BCUT2D eigenvalue weighted by molar-refractivity contribution is 8.00. The lowest BCUT2D eigenvalue weighted by Gasteiger charge is -2.32. The minimum atomic E-state index is 0.634. The van der Waals surface area contributed by atoms with Crippen LogP contribution in [0.2, 0.25) is 0 Å². The van der Waals surface area contributed by atoms with Crippen molar-refractivity contribution in [2.24, 2.45) is 11.8 Å². The molecule has 94 valence electrons. The second kappa shape index (κ2) is 5.30. The van der Waals surface area contributed by atoms with Gasteiger partial charge >= 0.3 is 0 Å². The van der Waals surface area contributed by atoms with Gasteiger partial charge < -0.3 is 5.32 Å². The first-order valence-electron chi connectivity index (χ1n) is 6.94. The molecule has 1 N–H and O–H groups in total. The summed E-state index contributed by atoms with van der Waals surface area (Å²) in [5.41, 5.74) is 0. The minimum absolute atomic E-state index is 0.634. The summed E-state index contributed by atoms with van der Waals surface area (Å²) >= 11 is 2.07. The number of nitrogens with one attached hydrogen (secondary N) is 1. The zero-order chi connectivity index (χ0) is 11.6. The van der Waals surface area contributed by atoms with E-state index >= 15 is 0 Å². The maximum atomic E-state index is 3.81. The molecule has 0 bridgehead atoms. The van der Waals surface area contributed by atoms with Gasteiger partial charge in [0.25, 0.3) is 0 Å². The van der Waals surface area contributed by atoms with E-state index in [4.69, 9.17) is 0 Å². The van der Waals surface area contributed by atoms with E-state index in [0.29, 0.717) is 4.75 Å². The van der Waals surface area contributed by atoms with Crippen LogP contribution in [-0.2, 0) is 0 Å². The van der Waals surface area contributed by atoms with E-state index in [0.717, 1.165) is 17.9 Å². The van der Waals surface area contributed by atoms with E-state index in [1.165, 1.54) is 45.1 Å². The smallest absolute Gasteiger partial charge is 0.0282 e. The predicted octanol–water partition coefficient (Wildman–Crippen LogP) is 3.69. The molecule has 16 heavy (non-hydrogen) atoms. The Hall–Kier alpha value is 0.310. The highest BCUT2D eigenvalue weighted by Gasteiger charge is 2.41. The van der Waals surface area contributed by atoms with E-state index in [1.807, 2.05) is 0 Å². The zero-order valence-electron chi connectivity index (χ0n) is 11.1. The third-order valence-electron chi connectivity index (χ3n) is 4.67. The van der Waals surface area contributed by atoms with Crippen LogP contribution in [0.5, 0.6) is 0 Å². The summed E-state index contributed by atoms with van der Waals surface area (Å²) in [6, 6.07) is 0.819. The first kappa shape index (κ1) is 12.8. The Labute approximate surface area is 105 Å². The van der Waals surface area contributed by atoms with Gasteiger partial charge in [0.2, 0.25) is 0 Å². The third kappa shape index (κ3) is 3.16. The van der Waals surface area contributed by atoms with Crippen molar-refractivity contribution in [3.63, 3.8) is 0 Å². The average molecular weight is 241 g/mol. The Morgan fingerprint density at radius 2 is 1.81 bits per heavy atom. The van der Waals surface area contributed by atoms with Gasteiger partial charge in [0.15, 0.2) is 0 Å². The van der Waals surface area contributed by atoms with Gasteiger partial charge in [-0.1, -0.05) is 13.8 Å². The molecule has 0 radical (unpaired) electrons. The Kier molecular flexibility index (Phi) is 4.23. The van der Waals surface area contributed by atoms with Crippen LogP contribution in [0, 0.1) is 11.8 Å².